The Kier molecular flexibility index (Phi) is 3.99. The van der Waals surface area contributed by atoms with Crippen molar-refractivity contribution in [3.05, 3.63) is 69.3 Å². The molecule has 0 aliphatic heterocycles. The molecule has 0 fully saturated rings. The Bertz CT molecular complexity index is 813. The maximum absolute atomic E-state index is 12.1. The lowest BCUT2D eigenvalue weighted by atomic mass is 10.2. The molecule has 21 heavy (non-hydrogen) atoms. The van der Waals surface area contributed by atoms with Crippen molar-refractivity contribution in [1.29, 1.82) is 0 Å². The fraction of sp³-hybridized carbons (Fsp3) is 0.0625. The van der Waals surface area contributed by atoms with E-state index in [0.717, 1.165) is 15.4 Å². The van der Waals surface area contributed by atoms with Crippen LogP contribution in [0.4, 0.5) is 0 Å². The Balaban J connectivity index is 1.74. The summed E-state index contributed by atoms with van der Waals surface area (Å²) in [5.41, 5.74) is 1.62. The van der Waals surface area contributed by atoms with E-state index in [-0.39, 0.29) is 5.91 Å². The van der Waals surface area contributed by atoms with Gasteiger partial charge in [-0.25, -0.2) is 0 Å². The van der Waals surface area contributed by atoms with Crippen molar-refractivity contribution in [2.24, 2.45) is 0 Å². The summed E-state index contributed by atoms with van der Waals surface area (Å²) in [5.74, 6) is 0.0485. The first-order valence-electron chi connectivity index (χ1n) is 6.33. The summed E-state index contributed by atoms with van der Waals surface area (Å²) >= 11 is 9.28. The third-order valence-electron chi connectivity index (χ3n) is 3.05. The molecule has 1 amide bonds. The summed E-state index contributed by atoms with van der Waals surface area (Å²) < 4.78 is 6.47. The van der Waals surface area contributed by atoms with Gasteiger partial charge >= 0.3 is 0 Å². The van der Waals surface area contributed by atoms with E-state index in [0.29, 0.717) is 22.9 Å². The van der Waals surface area contributed by atoms with Gasteiger partial charge in [-0.05, 0) is 42.0 Å². The Hall–Kier alpha value is -1.78. The van der Waals surface area contributed by atoms with Gasteiger partial charge in [-0.3, -0.25) is 4.79 Å². The van der Waals surface area contributed by atoms with Crippen molar-refractivity contribution < 1.29 is 9.21 Å². The number of benzene rings is 2. The molecule has 3 aromatic rings. The summed E-state index contributed by atoms with van der Waals surface area (Å²) in [6.45, 7) is 0.403. The Morgan fingerprint density at radius 2 is 2.05 bits per heavy atom. The molecule has 0 saturated carbocycles. The number of nitrogens with one attached hydrogen (secondary N) is 1. The lowest BCUT2D eigenvalue weighted by molar-refractivity contribution is 0.0925. The monoisotopic (exact) mass is 363 g/mol. The lowest BCUT2D eigenvalue weighted by Gasteiger charge is -2.03. The van der Waals surface area contributed by atoms with Crippen LogP contribution in [-0.4, -0.2) is 5.91 Å². The van der Waals surface area contributed by atoms with E-state index in [9.17, 15) is 4.79 Å². The Labute approximate surface area is 135 Å². The van der Waals surface area contributed by atoms with Crippen LogP contribution in [0.3, 0.4) is 0 Å². The molecule has 5 heteroatoms. The number of furan rings is 1. The van der Waals surface area contributed by atoms with Crippen LogP contribution in [0.15, 0.2) is 57.4 Å². The largest absolute Gasteiger partial charge is 0.451 e. The van der Waals surface area contributed by atoms with E-state index in [4.69, 9.17) is 16.0 Å². The molecule has 1 aromatic heterocycles. The zero-order chi connectivity index (χ0) is 14.8. The molecule has 0 atom stereocenters. The number of fused-ring (bicyclic) bond motifs is 1. The normalized spacial score (nSPS) is 10.8. The summed E-state index contributed by atoms with van der Waals surface area (Å²) in [4.78, 5) is 12.1. The van der Waals surface area contributed by atoms with Crippen LogP contribution >= 0.6 is 27.5 Å². The zero-order valence-electron chi connectivity index (χ0n) is 10.9. The number of carbonyl (C=O) groups is 1. The number of amides is 1. The number of hydrogen-bond acceptors (Lipinski definition) is 2. The predicted molar refractivity (Wildman–Crippen MR) is 86.5 cm³/mol. The summed E-state index contributed by atoms with van der Waals surface area (Å²) in [5, 5.41) is 4.36. The van der Waals surface area contributed by atoms with Gasteiger partial charge in [0.25, 0.3) is 5.91 Å². The van der Waals surface area contributed by atoms with Gasteiger partial charge in [0.1, 0.15) is 5.58 Å². The van der Waals surface area contributed by atoms with E-state index in [1.165, 1.54) is 0 Å². The van der Waals surface area contributed by atoms with Gasteiger partial charge in [-0.1, -0.05) is 39.7 Å². The number of hydrogen-bond donors (Lipinski definition) is 1. The number of carbonyl (C=O) groups excluding carboxylic acids is 1. The molecule has 1 N–H and O–H groups in total. The van der Waals surface area contributed by atoms with Crippen molar-refractivity contribution in [2.45, 2.75) is 6.54 Å². The lowest BCUT2D eigenvalue weighted by Crippen LogP contribution is -2.22. The first-order chi connectivity index (χ1) is 10.1. The third kappa shape index (κ3) is 3.28. The second kappa shape index (κ2) is 5.92. The van der Waals surface area contributed by atoms with E-state index in [1.54, 1.807) is 12.1 Å². The van der Waals surface area contributed by atoms with Gasteiger partial charge in [0.05, 0.1) is 0 Å². The third-order valence-corrected chi connectivity index (χ3v) is 3.78. The molecular weight excluding hydrogens is 354 g/mol. The minimum absolute atomic E-state index is 0.248. The van der Waals surface area contributed by atoms with Gasteiger partial charge in [0.2, 0.25) is 0 Å². The Morgan fingerprint density at radius 1 is 1.19 bits per heavy atom. The van der Waals surface area contributed by atoms with Crippen molar-refractivity contribution >= 4 is 44.4 Å². The van der Waals surface area contributed by atoms with E-state index in [1.807, 2.05) is 36.4 Å². The van der Waals surface area contributed by atoms with Crippen molar-refractivity contribution in [3.8, 4) is 0 Å². The van der Waals surface area contributed by atoms with E-state index < -0.39 is 0 Å². The minimum atomic E-state index is -0.248. The Morgan fingerprint density at radius 3 is 2.86 bits per heavy atom. The van der Waals surface area contributed by atoms with Crippen LogP contribution in [0.2, 0.25) is 5.02 Å². The molecule has 0 saturated heterocycles. The fourth-order valence-corrected chi connectivity index (χ4v) is 2.59. The molecule has 0 aliphatic carbocycles. The zero-order valence-corrected chi connectivity index (χ0v) is 13.2. The van der Waals surface area contributed by atoms with Gasteiger partial charge in [-0.15, -0.1) is 0 Å². The number of halogens is 2. The molecule has 3 rings (SSSR count). The highest BCUT2D eigenvalue weighted by molar-refractivity contribution is 9.10. The van der Waals surface area contributed by atoms with E-state index >= 15 is 0 Å². The van der Waals surface area contributed by atoms with E-state index in [2.05, 4.69) is 21.2 Å². The highest BCUT2D eigenvalue weighted by Crippen LogP contribution is 2.23. The molecule has 0 unspecified atom stereocenters. The molecular formula is C16H11BrClNO2. The highest BCUT2D eigenvalue weighted by Gasteiger charge is 2.12. The summed E-state index contributed by atoms with van der Waals surface area (Å²) in [6.07, 6.45) is 0. The molecule has 0 aliphatic rings. The second-order valence-corrected chi connectivity index (χ2v) is 5.96. The van der Waals surface area contributed by atoms with Crippen molar-refractivity contribution in [3.63, 3.8) is 0 Å². The van der Waals surface area contributed by atoms with Crippen LogP contribution in [0.25, 0.3) is 11.0 Å². The van der Waals surface area contributed by atoms with Crippen LogP contribution in [0.1, 0.15) is 16.1 Å². The number of rotatable bonds is 3. The minimum Gasteiger partial charge on any atom is -0.451 e. The summed E-state index contributed by atoms with van der Waals surface area (Å²) in [6, 6.07) is 14.7. The maximum atomic E-state index is 12.1. The second-order valence-electron chi connectivity index (χ2n) is 4.61. The molecule has 106 valence electrons. The molecule has 3 nitrogen and oxygen atoms in total. The first kappa shape index (κ1) is 14.2. The molecule has 2 aromatic carbocycles. The molecule has 0 bridgehead atoms. The van der Waals surface area contributed by atoms with Gasteiger partial charge < -0.3 is 9.73 Å². The van der Waals surface area contributed by atoms with Gasteiger partial charge in [0, 0.05) is 21.4 Å². The molecule has 0 radical (unpaired) electrons. The van der Waals surface area contributed by atoms with Crippen molar-refractivity contribution in [2.75, 3.05) is 0 Å². The maximum Gasteiger partial charge on any atom is 0.287 e. The van der Waals surface area contributed by atoms with Gasteiger partial charge in [-0.2, -0.15) is 0 Å². The quantitative estimate of drug-likeness (QED) is 0.727. The fourth-order valence-electron chi connectivity index (χ4n) is 2.03. The average Bonchev–Trinajstić information content (AvgIpc) is 2.88. The smallest absolute Gasteiger partial charge is 0.287 e. The molecule has 0 spiro atoms. The SMILES string of the molecule is O=C(NCc1cccc(Cl)c1)c1cc2ccc(Br)cc2o1. The van der Waals surface area contributed by atoms with Gasteiger partial charge in [0.15, 0.2) is 5.76 Å². The van der Waals surface area contributed by atoms with Crippen molar-refractivity contribution in [1.82, 2.24) is 5.32 Å². The van der Waals surface area contributed by atoms with Crippen LogP contribution < -0.4 is 5.32 Å². The van der Waals surface area contributed by atoms with Crippen LogP contribution in [-0.2, 0) is 6.54 Å². The van der Waals surface area contributed by atoms with Crippen LogP contribution in [0, 0.1) is 0 Å². The standard InChI is InChI=1S/C16H11BrClNO2/c17-12-5-4-11-7-15(21-14(11)8-12)16(20)19-9-10-2-1-3-13(18)6-10/h1-8H,9H2,(H,19,20). The topological polar surface area (TPSA) is 42.2 Å². The highest BCUT2D eigenvalue weighted by atomic mass is 79.9. The molecule has 1 heterocycles. The summed E-state index contributed by atoms with van der Waals surface area (Å²) in [7, 11) is 0. The van der Waals surface area contributed by atoms with Crippen LogP contribution in [0.5, 0.6) is 0 Å². The average molecular weight is 365 g/mol. The first-order valence-corrected chi connectivity index (χ1v) is 7.51. The predicted octanol–water partition coefficient (Wildman–Crippen LogP) is 4.78.